The van der Waals surface area contributed by atoms with E-state index in [0.717, 1.165) is 19.3 Å². The molecular weight excluding hydrogens is 160 g/mol. The van der Waals surface area contributed by atoms with E-state index in [-0.39, 0.29) is 0 Å². The molecule has 1 aliphatic rings. The van der Waals surface area contributed by atoms with Gasteiger partial charge in [0.1, 0.15) is 5.78 Å². The minimum absolute atomic E-state index is 0.307. The predicted octanol–water partition coefficient (Wildman–Crippen LogP) is 4.11. The molecule has 0 aromatic heterocycles. The SMILES string of the molecule is C1CCCCC1.CCCCC(C)=O. The highest BCUT2D eigenvalue weighted by molar-refractivity contribution is 5.75. The van der Waals surface area contributed by atoms with Gasteiger partial charge in [0.15, 0.2) is 0 Å². The highest BCUT2D eigenvalue weighted by atomic mass is 16.1. The molecule has 1 nitrogen and oxygen atoms in total. The van der Waals surface area contributed by atoms with E-state index in [2.05, 4.69) is 6.92 Å². The minimum atomic E-state index is 0.307. The van der Waals surface area contributed by atoms with Gasteiger partial charge in [-0.05, 0) is 13.3 Å². The van der Waals surface area contributed by atoms with Crippen LogP contribution in [0.4, 0.5) is 0 Å². The summed E-state index contributed by atoms with van der Waals surface area (Å²) in [6, 6.07) is 0. The van der Waals surface area contributed by atoms with Gasteiger partial charge in [-0.3, -0.25) is 0 Å². The first kappa shape index (κ1) is 12.7. The average molecular weight is 184 g/mol. The Morgan fingerprint density at radius 1 is 1.00 bits per heavy atom. The molecular formula is C12H24O. The molecule has 78 valence electrons. The number of ketones is 1. The van der Waals surface area contributed by atoms with Crippen LogP contribution in [0.1, 0.15) is 71.6 Å². The third-order valence-electron chi connectivity index (χ3n) is 2.38. The number of unbranched alkanes of at least 4 members (excludes halogenated alkanes) is 1. The smallest absolute Gasteiger partial charge is 0.129 e. The van der Waals surface area contributed by atoms with Crippen LogP contribution < -0.4 is 0 Å². The summed E-state index contributed by atoms with van der Waals surface area (Å²) in [4.78, 5) is 10.2. The second kappa shape index (κ2) is 9.76. The van der Waals surface area contributed by atoms with E-state index in [4.69, 9.17) is 0 Å². The maximum absolute atomic E-state index is 10.2. The van der Waals surface area contributed by atoms with Crippen molar-refractivity contribution >= 4 is 5.78 Å². The number of hydrogen-bond donors (Lipinski definition) is 0. The third-order valence-corrected chi connectivity index (χ3v) is 2.38. The Morgan fingerprint density at radius 3 is 1.54 bits per heavy atom. The second-order valence-electron chi connectivity index (χ2n) is 3.93. The van der Waals surface area contributed by atoms with Crippen LogP contribution in [0.25, 0.3) is 0 Å². The second-order valence-corrected chi connectivity index (χ2v) is 3.93. The molecule has 0 aliphatic heterocycles. The third kappa shape index (κ3) is 11.7. The van der Waals surface area contributed by atoms with Gasteiger partial charge >= 0.3 is 0 Å². The summed E-state index contributed by atoms with van der Waals surface area (Å²) >= 11 is 0. The van der Waals surface area contributed by atoms with Crippen molar-refractivity contribution < 1.29 is 4.79 Å². The molecule has 0 heterocycles. The van der Waals surface area contributed by atoms with Crippen molar-refractivity contribution in [3.8, 4) is 0 Å². The molecule has 0 amide bonds. The van der Waals surface area contributed by atoms with Gasteiger partial charge in [0.2, 0.25) is 0 Å². The molecule has 0 atom stereocenters. The van der Waals surface area contributed by atoms with Gasteiger partial charge in [-0.15, -0.1) is 0 Å². The number of rotatable bonds is 3. The molecule has 0 radical (unpaired) electrons. The Morgan fingerprint density at radius 2 is 1.38 bits per heavy atom. The first-order valence-corrected chi connectivity index (χ1v) is 5.76. The van der Waals surface area contributed by atoms with E-state index >= 15 is 0 Å². The van der Waals surface area contributed by atoms with Crippen LogP contribution in [-0.4, -0.2) is 5.78 Å². The first-order chi connectivity index (χ1) is 6.27. The van der Waals surface area contributed by atoms with Crippen molar-refractivity contribution in [2.24, 2.45) is 0 Å². The van der Waals surface area contributed by atoms with E-state index in [1.54, 1.807) is 6.92 Å². The van der Waals surface area contributed by atoms with E-state index in [0.29, 0.717) is 5.78 Å². The van der Waals surface area contributed by atoms with Crippen LogP contribution in [0.5, 0.6) is 0 Å². The number of carbonyl (C=O) groups excluding carboxylic acids is 1. The van der Waals surface area contributed by atoms with Crippen LogP contribution in [0.15, 0.2) is 0 Å². The zero-order chi connectivity index (χ0) is 9.94. The largest absolute Gasteiger partial charge is 0.300 e. The topological polar surface area (TPSA) is 17.1 Å². The fraction of sp³-hybridized carbons (Fsp3) is 0.917. The Hall–Kier alpha value is -0.330. The maximum atomic E-state index is 10.2. The summed E-state index contributed by atoms with van der Waals surface area (Å²) < 4.78 is 0. The monoisotopic (exact) mass is 184 g/mol. The number of carbonyl (C=O) groups is 1. The summed E-state index contributed by atoms with van der Waals surface area (Å²) in [5, 5.41) is 0. The molecule has 1 aliphatic carbocycles. The normalized spacial score (nSPS) is 15.8. The van der Waals surface area contributed by atoms with Crippen molar-refractivity contribution in [1.29, 1.82) is 0 Å². The molecule has 0 bridgehead atoms. The molecule has 0 aromatic rings. The molecule has 0 N–H and O–H groups in total. The van der Waals surface area contributed by atoms with Gasteiger partial charge in [0, 0.05) is 6.42 Å². The van der Waals surface area contributed by atoms with Crippen LogP contribution in [-0.2, 0) is 4.79 Å². The van der Waals surface area contributed by atoms with Gasteiger partial charge in [0.05, 0.1) is 0 Å². The minimum Gasteiger partial charge on any atom is -0.300 e. The highest BCUT2D eigenvalue weighted by Crippen LogP contribution is 2.15. The summed E-state index contributed by atoms with van der Waals surface area (Å²) in [7, 11) is 0. The first-order valence-electron chi connectivity index (χ1n) is 5.76. The summed E-state index contributed by atoms with van der Waals surface area (Å²) in [5.41, 5.74) is 0. The molecule has 1 saturated carbocycles. The van der Waals surface area contributed by atoms with Crippen molar-refractivity contribution in [3.05, 3.63) is 0 Å². The van der Waals surface area contributed by atoms with Crippen LogP contribution in [0.3, 0.4) is 0 Å². The fourth-order valence-corrected chi connectivity index (χ4v) is 1.49. The number of hydrogen-bond acceptors (Lipinski definition) is 1. The van der Waals surface area contributed by atoms with E-state index < -0.39 is 0 Å². The molecule has 1 rings (SSSR count). The van der Waals surface area contributed by atoms with Crippen molar-refractivity contribution in [2.45, 2.75) is 71.6 Å². The summed E-state index contributed by atoms with van der Waals surface area (Å²) in [6.07, 6.45) is 11.9. The molecule has 0 saturated heterocycles. The van der Waals surface area contributed by atoms with Crippen LogP contribution in [0.2, 0.25) is 0 Å². The molecule has 1 fully saturated rings. The predicted molar refractivity (Wildman–Crippen MR) is 57.9 cm³/mol. The van der Waals surface area contributed by atoms with Gasteiger partial charge in [-0.2, -0.15) is 0 Å². The molecule has 13 heavy (non-hydrogen) atoms. The van der Waals surface area contributed by atoms with Crippen LogP contribution >= 0.6 is 0 Å². The standard InChI is InChI=1S/C6H12O.C6H12/c1-3-4-5-6(2)7;1-2-4-6-5-3-1/h3-5H2,1-2H3;1-6H2. The lowest BCUT2D eigenvalue weighted by Gasteiger charge is -2.05. The van der Waals surface area contributed by atoms with Gasteiger partial charge in [-0.25, -0.2) is 0 Å². The Bertz CT molecular complexity index is 103. The molecule has 0 spiro atoms. The Balaban J connectivity index is 0.000000223. The Labute approximate surface area is 82.9 Å². The summed E-state index contributed by atoms with van der Waals surface area (Å²) in [6.45, 7) is 3.72. The lowest BCUT2D eigenvalue weighted by Crippen LogP contribution is -1.86. The number of Topliss-reactive ketones (excluding diaryl/α,β-unsaturated/α-hetero) is 1. The zero-order valence-corrected chi connectivity index (χ0v) is 9.27. The van der Waals surface area contributed by atoms with E-state index in [1.807, 2.05) is 0 Å². The zero-order valence-electron chi connectivity index (χ0n) is 9.27. The molecule has 0 unspecified atom stereocenters. The maximum Gasteiger partial charge on any atom is 0.129 e. The van der Waals surface area contributed by atoms with Crippen molar-refractivity contribution in [3.63, 3.8) is 0 Å². The lowest BCUT2D eigenvalue weighted by molar-refractivity contribution is -0.117. The fourth-order valence-electron chi connectivity index (χ4n) is 1.49. The van der Waals surface area contributed by atoms with Gasteiger partial charge in [0.25, 0.3) is 0 Å². The highest BCUT2D eigenvalue weighted by Gasteiger charge is 1.95. The average Bonchev–Trinajstić information content (AvgIpc) is 2.18. The van der Waals surface area contributed by atoms with Crippen LogP contribution in [0, 0.1) is 0 Å². The molecule has 0 aromatic carbocycles. The summed E-state index contributed by atoms with van der Waals surface area (Å²) in [5.74, 6) is 0.307. The van der Waals surface area contributed by atoms with Crippen molar-refractivity contribution in [2.75, 3.05) is 0 Å². The van der Waals surface area contributed by atoms with Gasteiger partial charge in [-0.1, -0.05) is 51.9 Å². The Kier molecular flexibility index (Phi) is 9.51. The quantitative estimate of drug-likeness (QED) is 0.645. The van der Waals surface area contributed by atoms with Crippen molar-refractivity contribution in [1.82, 2.24) is 0 Å². The van der Waals surface area contributed by atoms with E-state index in [1.165, 1.54) is 38.5 Å². The molecule has 1 heteroatoms. The van der Waals surface area contributed by atoms with Gasteiger partial charge < -0.3 is 4.79 Å². The van der Waals surface area contributed by atoms with E-state index in [9.17, 15) is 4.79 Å². The lowest BCUT2D eigenvalue weighted by atomic mass is 10.0.